The maximum absolute atomic E-state index is 12.8. The van der Waals surface area contributed by atoms with Crippen molar-refractivity contribution in [1.82, 2.24) is 10.5 Å². The van der Waals surface area contributed by atoms with E-state index < -0.39 is 17.6 Å². The van der Waals surface area contributed by atoms with Gasteiger partial charge in [0, 0.05) is 12.6 Å². The normalized spacial score (nSPS) is 11.4. The molecule has 0 unspecified atom stereocenters. The van der Waals surface area contributed by atoms with Crippen molar-refractivity contribution in [3.05, 3.63) is 52.9 Å². The van der Waals surface area contributed by atoms with Gasteiger partial charge in [0.1, 0.15) is 5.76 Å². The third-order valence-electron chi connectivity index (χ3n) is 2.62. The Hall–Kier alpha value is -2.31. The lowest BCUT2D eigenvalue weighted by Gasteiger charge is -2.12. The van der Waals surface area contributed by atoms with Gasteiger partial charge in [-0.2, -0.15) is 13.2 Å². The number of carbonyl (C=O) groups excluding carboxylic acids is 1. The summed E-state index contributed by atoms with van der Waals surface area (Å²) in [5.74, 6) is -0.135. The smallest absolute Gasteiger partial charge is 0.361 e. The Morgan fingerprint density at radius 1 is 1.35 bits per heavy atom. The van der Waals surface area contributed by atoms with Crippen LogP contribution in [0, 0.1) is 6.92 Å². The molecule has 0 atom stereocenters. The molecule has 0 aliphatic rings. The highest BCUT2D eigenvalue weighted by Crippen LogP contribution is 2.31. The predicted molar refractivity (Wildman–Crippen MR) is 63.9 cm³/mol. The van der Waals surface area contributed by atoms with Crippen molar-refractivity contribution in [1.29, 1.82) is 0 Å². The molecule has 0 aliphatic heterocycles. The second-order valence-corrected chi connectivity index (χ2v) is 4.16. The van der Waals surface area contributed by atoms with Gasteiger partial charge in [-0.25, -0.2) is 0 Å². The van der Waals surface area contributed by atoms with Crippen molar-refractivity contribution in [3.8, 4) is 0 Å². The zero-order chi connectivity index (χ0) is 14.8. The molecule has 0 radical (unpaired) electrons. The molecule has 2 aromatic rings. The first-order valence-corrected chi connectivity index (χ1v) is 5.74. The molecule has 0 fully saturated rings. The van der Waals surface area contributed by atoms with Crippen LogP contribution >= 0.6 is 0 Å². The van der Waals surface area contributed by atoms with Crippen LogP contribution in [-0.4, -0.2) is 11.1 Å². The number of amides is 1. The van der Waals surface area contributed by atoms with Gasteiger partial charge in [-0.05, 0) is 18.6 Å². The molecule has 0 saturated heterocycles. The van der Waals surface area contributed by atoms with Crippen molar-refractivity contribution < 1.29 is 22.5 Å². The number of benzene rings is 1. The van der Waals surface area contributed by atoms with E-state index in [-0.39, 0.29) is 17.8 Å². The quantitative estimate of drug-likeness (QED) is 0.942. The second kappa shape index (κ2) is 5.36. The summed E-state index contributed by atoms with van der Waals surface area (Å²) in [4.78, 5) is 11.7. The Balaban J connectivity index is 2.10. The summed E-state index contributed by atoms with van der Waals surface area (Å²) in [6.45, 7) is 1.38. The molecule has 2 rings (SSSR count). The highest BCUT2D eigenvalue weighted by atomic mass is 19.4. The molecule has 0 spiro atoms. The lowest BCUT2D eigenvalue weighted by Crippen LogP contribution is -2.24. The van der Waals surface area contributed by atoms with E-state index in [1.165, 1.54) is 24.3 Å². The summed E-state index contributed by atoms with van der Waals surface area (Å²) in [7, 11) is 0. The summed E-state index contributed by atoms with van der Waals surface area (Å²) in [5.41, 5.74) is -0.739. The van der Waals surface area contributed by atoms with E-state index in [4.69, 9.17) is 4.52 Å². The topological polar surface area (TPSA) is 55.1 Å². The van der Waals surface area contributed by atoms with Crippen molar-refractivity contribution in [2.45, 2.75) is 19.6 Å². The molecule has 1 heterocycles. The third-order valence-corrected chi connectivity index (χ3v) is 2.62. The number of nitrogens with zero attached hydrogens (tertiary/aromatic N) is 1. The number of aryl methyl sites for hydroxylation is 1. The molecule has 1 amide bonds. The van der Waals surface area contributed by atoms with Crippen LogP contribution < -0.4 is 5.32 Å². The Bertz CT molecular complexity index is 620. The molecule has 1 aromatic carbocycles. The van der Waals surface area contributed by atoms with E-state index in [9.17, 15) is 18.0 Å². The Labute approximate surface area is 112 Å². The molecule has 0 saturated carbocycles. The van der Waals surface area contributed by atoms with Gasteiger partial charge in [-0.1, -0.05) is 23.4 Å². The van der Waals surface area contributed by atoms with Crippen molar-refractivity contribution >= 4 is 5.91 Å². The van der Waals surface area contributed by atoms with Gasteiger partial charge in [0.2, 0.25) is 0 Å². The number of nitrogens with one attached hydrogen (secondary N) is 1. The SMILES string of the molecule is Cc1cc(C(=O)NCc2ccccc2C(F)(F)F)no1. The fraction of sp³-hybridized carbons (Fsp3) is 0.231. The van der Waals surface area contributed by atoms with Crippen molar-refractivity contribution in [2.24, 2.45) is 0 Å². The van der Waals surface area contributed by atoms with E-state index >= 15 is 0 Å². The minimum absolute atomic E-state index is 0.00596. The average Bonchev–Trinajstić information content (AvgIpc) is 2.82. The molecule has 20 heavy (non-hydrogen) atoms. The number of rotatable bonds is 3. The zero-order valence-corrected chi connectivity index (χ0v) is 10.5. The fourth-order valence-electron chi connectivity index (χ4n) is 1.69. The summed E-state index contributed by atoms with van der Waals surface area (Å²) in [6.07, 6.45) is -4.45. The van der Waals surface area contributed by atoms with E-state index in [0.717, 1.165) is 6.07 Å². The van der Waals surface area contributed by atoms with Crippen LogP contribution in [0.4, 0.5) is 13.2 Å². The molecule has 0 aliphatic carbocycles. The number of alkyl halides is 3. The predicted octanol–water partition coefficient (Wildman–Crippen LogP) is 2.93. The number of hydrogen-bond acceptors (Lipinski definition) is 3. The standard InChI is InChI=1S/C13H11F3N2O2/c1-8-6-11(18-20-8)12(19)17-7-9-4-2-3-5-10(9)13(14,15)16/h2-6H,7H2,1H3,(H,17,19). The summed E-state index contributed by atoms with van der Waals surface area (Å²) in [6, 6.07) is 6.48. The van der Waals surface area contributed by atoms with Gasteiger partial charge in [0.15, 0.2) is 5.69 Å². The maximum atomic E-state index is 12.8. The average molecular weight is 284 g/mol. The van der Waals surface area contributed by atoms with Crippen molar-refractivity contribution in [3.63, 3.8) is 0 Å². The first-order valence-electron chi connectivity index (χ1n) is 5.74. The third kappa shape index (κ3) is 3.17. The van der Waals surface area contributed by atoms with E-state index in [0.29, 0.717) is 5.76 Å². The minimum atomic E-state index is -4.45. The van der Waals surface area contributed by atoms with Crippen LogP contribution in [0.3, 0.4) is 0 Å². The fourth-order valence-corrected chi connectivity index (χ4v) is 1.69. The van der Waals surface area contributed by atoms with E-state index in [1.807, 2.05) is 0 Å². The Morgan fingerprint density at radius 3 is 2.65 bits per heavy atom. The summed E-state index contributed by atoms with van der Waals surface area (Å²) < 4.78 is 43.0. The van der Waals surface area contributed by atoms with Gasteiger partial charge in [-0.3, -0.25) is 4.79 Å². The van der Waals surface area contributed by atoms with Crippen LogP contribution in [0.25, 0.3) is 0 Å². The Kier molecular flexibility index (Phi) is 3.78. The first kappa shape index (κ1) is 14.1. The number of aromatic nitrogens is 1. The zero-order valence-electron chi connectivity index (χ0n) is 10.5. The van der Waals surface area contributed by atoms with Gasteiger partial charge >= 0.3 is 6.18 Å². The molecule has 1 N–H and O–H groups in total. The van der Waals surface area contributed by atoms with Crippen LogP contribution in [0.15, 0.2) is 34.9 Å². The second-order valence-electron chi connectivity index (χ2n) is 4.16. The monoisotopic (exact) mass is 284 g/mol. The molecule has 0 bridgehead atoms. The highest BCUT2D eigenvalue weighted by molar-refractivity contribution is 5.92. The largest absolute Gasteiger partial charge is 0.416 e. The molecule has 1 aromatic heterocycles. The lowest BCUT2D eigenvalue weighted by molar-refractivity contribution is -0.138. The van der Waals surface area contributed by atoms with Crippen LogP contribution in [0.2, 0.25) is 0 Å². The minimum Gasteiger partial charge on any atom is -0.361 e. The highest BCUT2D eigenvalue weighted by Gasteiger charge is 2.32. The van der Waals surface area contributed by atoms with Crippen LogP contribution in [0.1, 0.15) is 27.4 Å². The Morgan fingerprint density at radius 2 is 2.05 bits per heavy atom. The van der Waals surface area contributed by atoms with Gasteiger partial charge < -0.3 is 9.84 Å². The maximum Gasteiger partial charge on any atom is 0.416 e. The molecule has 7 heteroatoms. The molecule has 4 nitrogen and oxygen atoms in total. The lowest BCUT2D eigenvalue weighted by atomic mass is 10.1. The molecule has 106 valence electrons. The summed E-state index contributed by atoms with van der Waals surface area (Å²) >= 11 is 0. The van der Waals surface area contributed by atoms with Gasteiger partial charge in [0.05, 0.1) is 5.56 Å². The number of hydrogen-bond donors (Lipinski definition) is 1. The number of halogens is 3. The van der Waals surface area contributed by atoms with Crippen LogP contribution in [0.5, 0.6) is 0 Å². The van der Waals surface area contributed by atoms with Gasteiger partial charge in [-0.15, -0.1) is 0 Å². The van der Waals surface area contributed by atoms with Crippen molar-refractivity contribution in [2.75, 3.05) is 0 Å². The van der Waals surface area contributed by atoms with Crippen LogP contribution in [-0.2, 0) is 12.7 Å². The molecular formula is C13H11F3N2O2. The summed E-state index contributed by atoms with van der Waals surface area (Å²) in [5, 5.41) is 5.87. The number of carbonyl (C=O) groups is 1. The van der Waals surface area contributed by atoms with E-state index in [1.54, 1.807) is 6.92 Å². The molecular weight excluding hydrogens is 273 g/mol. The van der Waals surface area contributed by atoms with Gasteiger partial charge in [0.25, 0.3) is 5.91 Å². The first-order chi connectivity index (χ1) is 9.38. The van der Waals surface area contributed by atoms with E-state index in [2.05, 4.69) is 10.5 Å².